The van der Waals surface area contributed by atoms with Crippen LogP contribution in [0.1, 0.15) is 32.8 Å². The van der Waals surface area contributed by atoms with Crippen molar-refractivity contribution in [3.8, 4) is 17.7 Å². The maximum absolute atomic E-state index is 12.4. The first-order valence-corrected chi connectivity index (χ1v) is 11.0. The van der Waals surface area contributed by atoms with Gasteiger partial charge in [0, 0.05) is 24.8 Å². The van der Waals surface area contributed by atoms with Crippen LogP contribution in [0.4, 0.5) is 21.9 Å². The minimum absolute atomic E-state index is 0.126. The Morgan fingerprint density at radius 2 is 2.12 bits per heavy atom. The van der Waals surface area contributed by atoms with Gasteiger partial charge in [0.2, 0.25) is 5.88 Å². The van der Waals surface area contributed by atoms with Crippen molar-refractivity contribution in [1.82, 2.24) is 9.88 Å². The number of rotatable bonds is 4. The summed E-state index contributed by atoms with van der Waals surface area (Å²) in [6, 6.07) is 9.98. The third kappa shape index (κ3) is 5.06. The number of carbonyl (C=O) groups excluding carboxylic acids is 1. The number of benzene rings is 1. The van der Waals surface area contributed by atoms with Gasteiger partial charge in [-0.15, -0.1) is 0 Å². The third-order valence-corrected chi connectivity index (χ3v) is 5.50. The van der Waals surface area contributed by atoms with Crippen LogP contribution in [0.3, 0.4) is 0 Å². The number of pyridine rings is 1. The molecule has 9 nitrogen and oxygen atoms in total. The quantitative estimate of drug-likeness (QED) is 0.747. The molecule has 1 aromatic carbocycles. The molecule has 0 aliphatic carbocycles. The van der Waals surface area contributed by atoms with Crippen molar-refractivity contribution in [2.24, 2.45) is 0 Å². The van der Waals surface area contributed by atoms with E-state index < -0.39 is 5.60 Å². The predicted molar refractivity (Wildman–Crippen MR) is 124 cm³/mol. The maximum atomic E-state index is 12.4. The maximum Gasteiger partial charge on any atom is 0.410 e. The Hall–Kier alpha value is -3.67. The molecular formula is C24H29N5O4. The molecule has 1 atom stereocenters. The molecule has 1 fully saturated rings. The number of carbonyl (C=O) groups is 1. The van der Waals surface area contributed by atoms with Crippen LogP contribution in [0.2, 0.25) is 0 Å². The molecule has 1 aromatic heterocycles. The van der Waals surface area contributed by atoms with E-state index in [0.29, 0.717) is 37.7 Å². The Labute approximate surface area is 193 Å². The van der Waals surface area contributed by atoms with Crippen molar-refractivity contribution < 1.29 is 19.0 Å². The van der Waals surface area contributed by atoms with E-state index in [1.54, 1.807) is 17.2 Å². The number of methoxy groups -OCH3 is 1. The molecule has 9 heteroatoms. The van der Waals surface area contributed by atoms with Crippen molar-refractivity contribution in [3.63, 3.8) is 0 Å². The number of nitriles is 1. The number of likely N-dealkylation sites (tertiary alicyclic amines) is 1. The number of hydrogen-bond acceptors (Lipinski definition) is 8. The zero-order chi connectivity index (χ0) is 23.6. The summed E-state index contributed by atoms with van der Waals surface area (Å²) in [5, 5.41) is 13.0. The molecule has 1 amide bonds. The zero-order valence-corrected chi connectivity index (χ0v) is 19.4. The first kappa shape index (κ1) is 22.5. The Kier molecular flexibility index (Phi) is 6.18. The summed E-state index contributed by atoms with van der Waals surface area (Å²) in [5.41, 5.74) is 2.50. The summed E-state index contributed by atoms with van der Waals surface area (Å²) in [5.74, 6) is 1.07. The summed E-state index contributed by atoms with van der Waals surface area (Å²) in [6.07, 6.45) is 2.26. The van der Waals surface area contributed by atoms with Crippen LogP contribution >= 0.6 is 0 Å². The summed E-state index contributed by atoms with van der Waals surface area (Å²) >= 11 is 0. The molecule has 0 spiro atoms. The number of hydrogen-bond donors (Lipinski definition) is 1. The van der Waals surface area contributed by atoms with Crippen LogP contribution in [0, 0.1) is 11.3 Å². The molecule has 0 saturated carbocycles. The Morgan fingerprint density at radius 3 is 2.85 bits per heavy atom. The molecular weight excluding hydrogens is 422 g/mol. The monoisotopic (exact) mass is 451 g/mol. The van der Waals surface area contributed by atoms with Gasteiger partial charge < -0.3 is 29.3 Å². The van der Waals surface area contributed by atoms with Gasteiger partial charge in [-0.05, 0) is 51.5 Å². The summed E-state index contributed by atoms with van der Waals surface area (Å²) in [4.78, 5) is 20.5. The van der Waals surface area contributed by atoms with Crippen molar-refractivity contribution in [2.45, 2.75) is 38.8 Å². The fraction of sp³-hybridized carbons (Fsp3) is 0.458. The molecule has 3 heterocycles. The molecule has 0 bridgehead atoms. The van der Waals surface area contributed by atoms with Gasteiger partial charge in [-0.2, -0.15) is 5.26 Å². The van der Waals surface area contributed by atoms with Gasteiger partial charge in [-0.25, -0.2) is 9.78 Å². The number of aromatic nitrogens is 1. The SMILES string of the molecule is COc1ncc(N2CCOc3ccc(NC4CCN(C(=O)OC(C)(C)C)C4)cc32)cc1C#N. The van der Waals surface area contributed by atoms with E-state index in [9.17, 15) is 10.1 Å². The van der Waals surface area contributed by atoms with E-state index in [-0.39, 0.29) is 12.1 Å². The van der Waals surface area contributed by atoms with Crippen molar-refractivity contribution in [2.75, 3.05) is 43.6 Å². The predicted octanol–water partition coefficient (Wildman–Crippen LogP) is 3.91. The van der Waals surface area contributed by atoms with E-state index in [0.717, 1.165) is 29.2 Å². The minimum Gasteiger partial charge on any atom is -0.490 e. The first-order chi connectivity index (χ1) is 15.8. The number of ether oxygens (including phenoxy) is 3. The highest BCUT2D eigenvalue weighted by Crippen LogP contribution is 2.39. The van der Waals surface area contributed by atoms with Crippen molar-refractivity contribution in [3.05, 3.63) is 36.0 Å². The van der Waals surface area contributed by atoms with E-state index in [1.807, 2.05) is 39.0 Å². The molecule has 1 unspecified atom stereocenters. The lowest BCUT2D eigenvalue weighted by atomic mass is 10.1. The molecule has 174 valence electrons. The summed E-state index contributed by atoms with van der Waals surface area (Å²) in [7, 11) is 1.50. The Balaban J connectivity index is 1.50. The lowest BCUT2D eigenvalue weighted by molar-refractivity contribution is 0.0293. The number of fused-ring (bicyclic) bond motifs is 1. The molecule has 2 aliphatic heterocycles. The van der Waals surface area contributed by atoms with Crippen LogP contribution in [0.25, 0.3) is 0 Å². The number of amides is 1. The van der Waals surface area contributed by atoms with Crippen LogP contribution in [0.15, 0.2) is 30.5 Å². The normalized spacial score (nSPS) is 17.6. The lowest BCUT2D eigenvalue weighted by Crippen LogP contribution is -2.36. The second kappa shape index (κ2) is 9.06. The van der Waals surface area contributed by atoms with Crippen molar-refractivity contribution in [1.29, 1.82) is 5.26 Å². The Bertz CT molecular complexity index is 1080. The fourth-order valence-corrected chi connectivity index (χ4v) is 4.01. The molecule has 4 rings (SSSR count). The van der Waals surface area contributed by atoms with Gasteiger partial charge in [0.05, 0.1) is 31.2 Å². The standard InChI is InChI=1S/C24H29N5O4/c1-24(2,3)33-23(30)28-8-7-18(15-28)27-17-5-6-21-20(12-17)29(9-10-32-21)19-11-16(13-25)22(31-4)26-14-19/h5-6,11-12,14,18,27H,7-10,15H2,1-4H3. The zero-order valence-electron chi connectivity index (χ0n) is 19.4. The van der Waals surface area contributed by atoms with Gasteiger partial charge in [-0.3, -0.25) is 0 Å². The second-order valence-electron chi connectivity index (χ2n) is 9.10. The average Bonchev–Trinajstić information content (AvgIpc) is 3.26. The van der Waals surface area contributed by atoms with E-state index in [2.05, 4.69) is 21.3 Å². The highest BCUT2D eigenvalue weighted by atomic mass is 16.6. The smallest absolute Gasteiger partial charge is 0.410 e. The molecule has 1 saturated heterocycles. The van der Waals surface area contributed by atoms with Crippen LogP contribution in [-0.4, -0.2) is 61.0 Å². The second-order valence-corrected chi connectivity index (χ2v) is 9.10. The number of nitrogens with zero attached hydrogens (tertiary/aromatic N) is 4. The molecule has 2 aromatic rings. The lowest BCUT2D eigenvalue weighted by Gasteiger charge is -2.32. The molecule has 0 radical (unpaired) electrons. The highest BCUT2D eigenvalue weighted by Gasteiger charge is 2.30. The average molecular weight is 452 g/mol. The number of nitrogens with one attached hydrogen (secondary N) is 1. The minimum atomic E-state index is -0.508. The van der Waals surface area contributed by atoms with Crippen LogP contribution in [0.5, 0.6) is 11.6 Å². The molecule has 2 aliphatic rings. The Morgan fingerprint density at radius 1 is 1.30 bits per heavy atom. The first-order valence-electron chi connectivity index (χ1n) is 11.0. The van der Waals surface area contributed by atoms with Crippen molar-refractivity contribution >= 4 is 23.2 Å². The van der Waals surface area contributed by atoms with Crippen LogP contribution in [-0.2, 0) is 4.74 Å². The van der Waals surface area contributed by atoms with Crippen LogP contribution < -0.4 is 19.7 Å². The van der Waals surface area contributed by atoms with E-state index in [1.165, 1.54) is 7.11 Å². The third-order valence-electron chi connectivity index (χ3n) is 5.50. The summed E-state index contributed by atoms with van der Waals surface area (Å²) in [6.45, 7) is 8.01. The van der Waals surface area contributed by atoms with Gasteiger partial charge >= 0.3 is 6.09 Å². The van der Waals surface area contributed by atoms with E-state index >= 15 is 0 Å². The molecule has 33 heavy (non-hydrogen) atoms. The largest absolute Gasteiger partial charge is 0.490 e. The molecule has 1 N–H and O–H groups in total. The van der Waals surface area contributed by atoms with E-state index in [4.69, 9.17) is 14.2 Å². The van der Waals surface area contributed by atoms with Gasteiger partial charge in [0.15, 0.2) is 0 Å². The van der Waals surface area contributed by atoms with Gasteiger partial charge in [0.1, 0.15) is 29.6 Å². The van der Waals surface area contributed by atoms with Gasteiger partial charge in [0.25, 0.3) is 0 Å². The topological polar surface area (TPSA) is 100.0 Å². The highest BCUT2D eigenvalue weighted by molar-refractivity contribution is 5.75. The van der Waals surface area contributed by atoms with Gasteiger partial charge in [-0.1, -0.05) is 0 Å². The number of anilines is 3. The fourth-order valence-electron chi connectivity index (χ4n) is 4.01. The summed E-state index contributed by atoms with van der Waals surface area (Å²) < 4.78 is 16.5.